The minimum atomic E-state index is 1.25. The van der Waals surface area contributed by atoms with E-state index in [4.69, 9.17) is 0 Å². The summed E-state index contributed by atoms with van der Waals surface area (Å²) in [5.74, 6) is 0. The Morgan fingerprint density at radius 2 is 1.53 bits per heavy atom. The predicted molar refractivity (Wildman–Crippen MR) is 85.9 cm³/mol. The van der Waals surface area contributed by atoms with Crippen LogP contribution in [0.2, 0.25) is 0 Å². The normalized spacial score (nSPS) is 10.9. The van der Waals surface area contributed by atoms with Crippen molar-refractivity contribution in [1.82, 2.24) is 0 Å². The molecule has 3 heteroatoms. The summed E-state index contributed by atoms with van der Waals surface area (Å²) in [6, 6.07) is 17.0. The number of fused-ring (bicyclic) bond motifs is 1. The molecule has 0 aliphatic carbocycles. The Bertz CT molecular complexity index is 686. The van der Waals surface area contributed by atoms with Crippen LogP contribution in [-0.2, 0) is 0 Å². The van der Waals surface area contributed by atoms with E-state index in [-0.39, 0.29) is 0 Å². The number of hydrogen-bond donors (Lipinski definition) is 0. The summed E-state index contributed by atoms with van der Waals surface area (Å²) in [4.78, 5) is 1.35. The van der Waals surface area contributed by atoms with Crippen molar-refractivity contribution in [3.05, 3.63) is 48.5 Å². The lowest BCUT2D eigenvalue weighted by atomic mass is 10.1. The van der Waals surface area contributed by atoms with Crippen LogP contribution in [0.4, 0.5) is 0 Å². The molecule has 2 unspecified atom stereocenters. The van der Waals surface area contributed by atoms with E-state index in [1.165, 1.54) is 31.1 Å². The smallest absolute Gasteiger partial charge is 0.0433 e. The molecule has 3 rings (SSSR count). The van der Waals surface area contributed by atoms with Gasteiger partial charge in [-0.1, -0.05) is 42.5 Å². The summed E-state index contributed by atoms with van der Waals surface area (Å²) in [6.45, 7) is 0. The molecule has 0 saturated carbocycles. The maximum absolute atomic E-state index is 2.88. The Morgan fingerprint density at radius 3 is 2.29 bits per heavy atom. The molecule has 2 aromatic carbocycles. The van der Waals surface area contributed by atoms with Gasteiger partial charge in [0.2, 0.25) is 0 Å². The fraction of sp³-hybridized carbons (Fsp3) is 0. The molecule has 0 spiro atoms. The molecule has 84 valence electrons. The Hall–Kier alpha value is -0.740. The number of rotatable bonds is 1. The van der Waals surface area contributed by atoms with E-state index < -0.39 is 0 Å². The van der Waals surface area contributed by atoms with Crippen molar-refractivity contribution in [3.8, 4) is 10.4 Å². The molecule has 0 N–H and O–H groups in total. The topological polar surface area (TPSA) is 0 Å². The van der Waals surface area contributed by atoms with Crippen LogP contribution in [0.5, 0.6) is 0 Å². The second kappa shape index (κ2) is 4.50. The second-order valence-corrected chi connectivity index (χ2v) is 6.18. The van der Waals surface area contributed by atoms with Gasteiger partial charge in [0.05, 0.1) is 0 Å². The zero-order chi connectivity index (χ0) is 11.8. The van der Waals surface area contributed by atoms with Crippen LogP contribution in [0.25, 0.3) is 20.5 Å². The zero-order valence-corrected chi connectivity index (χ0v) is 12.3. The first-order valence-corrected chi connectivity index (χ1v) is 7.36. The molecule has 0 aliphatic heterocycles. The molecular weight excluding hydrogens is 262 g/mol. The van der Waals surface area contributed by atoms with Gasteiger partial charge < -0.3 is 0 Å². The first-order chi connectivity index (χ1) is 8.27. The monoisotopic (exact) mass is 274 g/mol. The molecule has 0 radical (unpaired) electrons. The maximum Gasteiger partial charge on any atom is 0.0433 e. The lowest BCUT2D eigenvalue weighted by molar-refractivity contribution is 1.77. The first kappa shape index (κ1) is 11.4. The van der Waals surface area contributed by atoms with E-state index in [9.17, 15) is 0 Å². The fourth-order valence-corrected chi connectivity index (χ4v) is 4.28. The quantitative estimate of drug-likeness (QED) is 0.595. The molecule has 1 heterocycles. The van der Waals surface area contributed by atoms with Gasteiger partial charge in [0.25, 0.3) is 0 Å². The van der Waals surface area contributed by atoms with Crippen molar-refractivity contribution >= 4 is 50.5 Å². The highest BCUT2D eigenvalue weighted by atomic mass is 32.1. The number of hydrogen-bond acceptors (Lipinski definition) is 1. The average Bonchev–Trinajstić information content (AvgIpc) is 2.68. The van der Waals surface area contributed by atoms with Crippen molar-refractivity contribution < 1.29 is 0 Å². The van der Waals surface area contributed by atoms with Crippen molar-refractivity contribution in [3.63, 3.8) is 0 Å². The van der Waals surface area contributed by atoms with Crippen molar-refractivity contribution in [2.45, 2.75) is 0 Å². The highest BCUT2D eigenvalue weighted by molar-refractivity contribution is 7.35. The third-order valence-electron chi connectivity index (χ3n) is 2.84. The van der Waals surface area contributed by atoms with Crippen LogP contribution in [0.3, 0.4) is 0 Å². The van der Waals surface area contributed by atoms with Gasteiger partial charge >= 0.3 is 0 Å². The van der Waals surface area contributed by atoms with E-state index in [1.807, 2.05) is 11.3 Å². The molecule has 3 aromatic rings. The third kappa shape index (κ3) is 1.93. The van der Waals surface area contributed by atoms with Crippen LogP contribution in [0.15, 0.2) is 48.5 Å². The lowest BCUT2D eigenvalue weighted by Gasteiger charge is -2.03. The Balaban J connectivity index is 2.32. The number of benzene rings is 2. The molecule has 0 fully saturated rings. The summed E-state index contributed by atoms with van der Waals surface area (Å²) >= 11 is 1.86. The summed E-state index contributed by atoms with van der Waals surface area (Å²) in [7, 11) is 5.70. The van der Waals surface area contributed by atoms with E-state index in [2.05, 4.69) is 67.0 Å². The Morgan fingerprint density at radius 1 is 0.824 bits per heavy atom. The molecular formula is C14H12P2S. The highest BCUT2D eigenvalue weighted by Crippen LogP contribution is 2.32. The first-order valence-electron chi connectivity index (χ1n) is 5.39. The van der Waals surface area contributed by atoms with Gasteiger partial charge in [-0.05, 0) is 22.2 Å². The molecule has 2 atom stereocenters. The van der Waals surface area contributed by atoms with Gasteiger partial charge in [-0.25, -0.2) is 0 Å². The van der Waals surface area contributed by atoms with Crippen molar-refractivity contribution in [2.75, 3.05) is 0 Å². The van der Waals surface area contributed by atoms with Crippen molar-refractivity contribution in [1.29, 1.82) is 0 Å². The maximum atomic E-state index is 2.88. The summed E-state index contributed by atoms with van der Waals surface area (Å²) in [5.41, 5.74) is 1.31. The molecule has 0 saturated heterocycles. The van der Waals surface area contributed by atoms with Crippen LogP contribution >= 0.6 is 29.8 Å². The van der Waals surface area contributed by atoms with E-state index >= 15 is 0 Å². The molecule has 0 amide bonds. The van der Waals surface area contributed by atoms with E-state index in [0.717, 1.165) is 0 Å². The predicted octanol–water partition coefficient (Wildman–Crippen LogP) is 3.57. The minimum Gasteiger partial charge on any atom is -0.135 e. The Labute approximate surface area is 109 Å². The van der Waals surface area contributed by atoms with Crippen LogP contribution in [0, 0.1) is 0 Å². The highest BCUT2D eigenvalue weighted by Gasteiger charge is 2.11. The molecule has 17 heavy (non-hydrogen) atoms. The summed E-state index contributed by atoms with van der Waals surface area (Å²) in [5, 5.41) is 3.90. The van der Waals surface area contributed by atoms with Crippen LogP contribution < -0.4 is 10.6 Å². The van der Waals surface area contributed by atoms with E-state index in [1.54, 1.807) is 0 Å². The van der Waals surface area contributed by atoms with Gasteiger partial charge in [0, 0.05) is 15.0 Å². The third-order valence-corrected chi connectivity index (χ3v) is 5.37. The molecule has 0 aliphatic rings. The zero-order valence-electron chi connectivity index (χ0n) is 9.18. The van der Waals surface area contributed by atoms with Gasteiger partial charge in [-0.2, -0.15) is 0 Å². The molecule has 1 aromatic heterocycles. The largest absolute Gasteiger partial charge is 0.135 e. The van der Waals surface area contributed by atoms with Crippen LogP contribution in [-0.4, -0.2) is 0 Å². The SMILES string of the molecule is Pc1ccccc1-c1sc2ccccc2c1P. The van der Waals surface area contributed by atoms with E-state index in [0.29, 0.717) is 0 Å². The van der Waals surface area contributed by atoms with Gasteiger partial charge in [0.1, 0.15) is 0 Å². The summed E-state index contributed by atoms with van der Waals surface area (Å²) in [6.07, 6.45) is 0. The fourth-order valence-electron chi connectivity index (χ4n) is 1.97. The van der Waals surface area contributed by atoms with Gasteiger partial charge in [-0.15, -0.1) is 29.8 Å². The minimum absolute atomic E-state index is 1.25. The van der Waals surface area contributed by atoms with Crippen LogP contribution in [0.1, 0.15) is 0 Å². The average molecular weight is 274 g/mol. The van der Waals surface area contributed by atoms with Gasteiger partial charge in [0.15, 0.2) is 0 Å². The lowest BCUT2D eigenvalue weighted by Crippen LogP contribution is -1.99. The number of thiophene rings is 1. The van der Waals surface area contributed by atoms with Gasteiger partial charge in [-0.3, -0.25) is 0 Å². The van der Waals surface area contributed by atoms with Crippen molar-refractivity contribution in [2.24, 2.45) is 0 Å². The molecule has 0 nitrogen and oxygen atoms in total. The second-order valence-electron chi connectivity index (χ2n) is 3.93. The summed E-state index contributed by atoms with van der Waals surface area (Å²) < 4.78 is 1.35. The standard InChI is InChI=1S/C14H12P2S/c15-11-7-3-1-5-9(11)14-13(16)10-6-2-4-8-12(10)17-14/h1-8H,15-16H2. The Kier molecular flexibility index (Phi) is 3.01. The molecule has 0 bridgehead atoms.